The minimum atomic E-state index is -4.05. The summed E-state index contributed by atoms with van der Waals surface area (Å²) >= 11 is 1.26. The van der Waals surface area contributed by atoms with Crippen molar-refractivity contribution in [1.82, 2.24) is 29.3 Å². The van der Waals surface area contributed by atoms with E-state index in [1.807, 2.05) is 0 Å². The van der Waals surface area contributed by atoms with E-state index in [-0.39, 0.29) is 46.5 Å². The first-order chi connectivity index (χ1) is 19.1. The predicted molar refractivity (Wildman–Crippen MR) is 138 cm³/mol. The van der Waals surface area contributed by atoms with Gasteiger partial charge < -0.3 is 15.4 Å². The zero-order valence-electron chi connectivity index (χ0n) is 21.3. The van der Waals surface area contributed by atoms with Gasteiger partial charge >= 0.3 is 6.61 Å². The van der Waals surface area contributed by atoms with Crippen molar-refractivity contribution >= 4 is 44.0 Å². The number of rotatable bonds is 10. The highest BCUT2D eigenvalue weighted by atomic mass is 32.2. The molecule has 3 aromatic heterocycles. The third-order valence-electron chi connectivity index (χ3n) is 7.32. The van der Waals surface area contributed by atoms with Gasteiger partial charge in [0.05, 0.1) is 0 Å². The molecule has 0 radical (unpaired) electrons. The molecule has 216 valence electrons. The summed E-state index contributed by atoms with van der Waals surface area (Å²) in [5.74, 6) is 0.0688. The van der Waals surface area contributed by atoms with Crippen molar-refractivity contribution in [2.75, 3.05) is 10.6 Å². The van der Waals surface area contributed by atoms with Gasteiger partial charge in [-0.1, -0.05) is 0 Å². The van der Waals surface area contributed by atoms with Crippen LogP contribution in [0.5, 0.6) is 5.88 Å². The Morgan fingerprint density at radius 1 is 1.25 bits per heavy atom. The molecule has 3 aliphatic rings. The van der Waals surface area contributed by atoms with Crippen molar-refractivity contribution < 1.29 is 31.1 Å². The van der Waals surface area contributed by atoms with E-state index in [1.165, 1.54) is 28.4 Å². The van der Waals surface area contributed by atoms with Crippen LogP contribution < -0.4 is 20.1 Å². The average molecular weight is 601 g/mol. The molecule has 1 amide bonds. The highest BCUT2D eigenvalue weighted by Gasteiger charge is 2.39. The molecule has 40 heavy (non-hydrogen) atoms. The van der Waals surface area contributed by atoms with Crippen LogP contribution in [0.1, 0.15) is 48.6 Å². The zero-order chi connectivity index (χ0) is 28.2. The van der Waals surface area contributed by atoms with Crippen molar-refractivity contribution in [2.24, 2.45) is 13.0 Å². The van der Waals surface area contributed by atoms with Gasteiger partial charge in [0.2, 0.25) is 27.8 Å². The van der Waals surface area contributed by atoms with Gasteiger partial charge in [0, 0.05) is 36.0 Å². The smallest absolute Gasteiger partial charge is 0.388 e. The van der Waals surface area contributed by atoms with Crippen LogP contribution >= 0.6 is 11.3 Å². The number of alkyl halides is 3. The topological polar surface area (TPSA) is 145 Å². The average Bonchev–Trinajstić information content (AvgIpc) is 3.37. The van der Waals surface area contributed by atoms with Crippen LogP contribution in [0.25, 0.3) is 0 Å². The summed E-state index contributed by atoms with van der Waals surface area (Å²) in [6, 6.07) is 0.564. The molecule has 6 rings (SSSR count). The molecule has 0 spiro atoms. The molecule has 0 bridgehead atoms. The predicted octanol–water partition coefficient (Wildman–Crippen LogP) is 3.28. The second-order valence-corrected chi connectivity index (χ2v) is 13.0. The Labute approximate surface area is 231 Å². The number of sulfonamides is 1. The first-order valence-electron chi connectivity index (χ1n) is 12.8. The Morgan fingerprint density at radius 2 is 2.02 bits per heavy atom. The second kappa shape index (κ2) is 10.3. The van der Waals surface area contributed by atoms with E-state index >= 15 is 0 Å². The maximum absolute atomic E-state index is 13.6. The minimum absolute atomic E-state index is 0.0384. The number of anilines is 3. The number of halogens is 3. The van der Waals surface area contributed by atoms with Gasteiger partial charge in [-0.3, -0.25) is 9.36 Å². The first kappa shape index (κ1) is 27.0. The summed E-state index contributed by atoms with van der Waals surface area (Å²) in [4.78, 5) is 13.5. The van der Waals surface area contributed by atoms with E-state index in [4.69, 9.17) is 0 Å². The number of fused-ring (bicyclic) bond motifs is 1. The van der Waals surface area contributed by atoms with E-state index in [9.17, 15) is 26.4 Å². The second-order valence-electron chi connectivity index (χ2n) is 10.3. The fourth-order valence-corrected chi connectivity index (χ4v) is 8.28. The Kier molecular flexibility index (Phi) is 6.98. The Bertz CT molecular complexity index is 1530. The van der Waals surface area contributed by atoms with Gasteiger partial charge in [0.1, 0.15) is 28.2 Å². The normalized spacial score (nSPS) is 22.6. The molecule has 2 fully saturated rings. The summed E-state index contributed by atoms with van der Waals surface area (Å²) < 4.78 is 75.9. The monoisotopic (exact) mass is 600 g/mol. The van der Waals surface area contributed by atoms with Crippen molar-refractivity contribution in [3.05, 3.63) is 22.8 Å². The molecular weight excluding hydrogens is 573 g/mol. The molecule has 12 nitrogen and oxygen atoms in total. The summed E-state index contributed by atoms with van der Waals surface area (Å²) in [7, 11) is -2.50. The third kappa shape index (κ3) is 5.41. The highest BCUT2D eigenvalue weighted by molar-refractivity contribution is 7.90. The van der Waals surface area contributed by atoms with Crippen LogP contribution in [0.4, 0.5) is 29.9 Å². The zero-order valence-corrected chi connectivity index (χ0v) is 22.9. The van der Waals surface area contributed by atoms with Gasteiger partial charge in [-0.15, -0.1) is 26.6 Å². The maximum atomic E-state index is 13.6. The number of hydrogen-bond acceptors (Lipinski definition) is 9. The van der Waals surface area contributed by atoms with Crippen molar-refractivity contribution in [3.8, 4) is 5.88 Å². The number of amides is 1. The maximum Gasteiger partial charge on any atom is 0.388 e. The molecule has 0 unspecified atom stereocenters. The largest absolute Gasteiger partial charge is 0.415 e. The summed E-state index contributed by atoms with van der Waals surface area (Å²) in [6.45, 7) is -3.02. The molecule has 1 atom stereocenters. The molecule has 0 aliphatic heterocycles. The van der Waals surface area contributed by atoms with Crippen LogP contribution in [0.2, 0.25) is 0 Å². The fourth-order valence-electron chi connectivity index (χ4n) is 5.05. The molecule has 2 saturated carbocycles. The lowest BCUT2D eigenvalue weighted by molar-refractivity contribution is -0.117. The molecule has 17 heteroatoms. The molecule has 3 aliphatic carbocycles. The number of carbonyl (C=O) groups is 1. The van der Waals surface area contributed by atoms with Gasteiger partial charge in [-0.05, 0) is 50.5 Å². The Hall–Kier alpha value is -3.18. The van der Waals surface area contributed by atoms with Crippen molar-refractivity contribution in [2.45, 2.75) is 74.7 Å². The molecular formula is C23H27F3N8O4S2. The number of thiophene rings is 1. The van der Waals surface area contributed by atoms with Crippen LogP contribution in [0, 0.1) is 5.92 Å². The highest BCUT2D eigenvalue weighted by Crippen LogP contribution is 2.45. The van der Waals surface area contributed by atoms with Crippen LogP contribution in [0.15, 0.2) is 17.3 Å². The number of ether oxygens (including phenoxy) is 1. The summed E-state index contributed by atoms with van der Waals surface area (Å²) in [5, 5.41) is 18.1. The number of hydrogen-bond donors (Lipinski definition) is 3. The van der Waals surface area contributed by atoms with Crippen molar-refractivity contribution in [1.29, 1.82) is 0 Å². The summed E-state index contributed by atoms with van der Waals surface area (Å²) in [6.07, 6.45) is 3.77. The quantitative estimate of drug-likeness (QED) is 0.322. The van der Waals surface area contributed by atoms with Crippen molar-refractivity contribution in [3.63, 3.8) is 0 Å². The van der Waals surface area contributed by atoms with E-state index < -0.39 is 28.8 Å². The van der Waals surface area contributed by atoms with Crippen LogP contribution in [-0.4, -0.2) is 57.7 Å². The molecule has 3 aromatic rings. The molecule has 0 saturated heterocycles. The number of aryl methyl sites for hydroxylation is 2. The standard InChI is InChI=1S/C23H27F3N8O4S2/c1-33-17(9-18(31-33)38-22(25)26)28-23-30-27-10-34(23)14-4-5-16-15(8-14)19(21(39-16)29-20(35)11-2-3-11)40(36,37)32-13-6-12(24)7-13/h9-14,22,32H,2-8H2,1H3,(H,28,30)(H,29,35)/t12-,13-,14-/m0/s1. The number of nitrogens with one attached hydrogen (secondary N) is 3. The lowest BCUT2D eigenvalue weighted by Crippen LogP contribution is -2.45. The van der Waals surface area contributed by atoms with E-state index in [1.54, 1.807) is 11.6 Å². The Balaban J connectivity index is 1.28. The molecule has 0 aromatic carbocycles. The van der Waals surface area contributed by atoms with Crippen LogP contribution in [0.3, 0.4) is 0 Å². The molecule has 3 N–H and O–H groups in total. The van der Waals surface area contributed by atoms with Gasteiger partial charge in [-0.2, -0.15) is 8.78 Å². The Morgan fingerprint density at radius 3 is 2.73 bits per heavy atom. The number of nitrogens with zero attached hydrogens (tertiary/aromatic N) is 5. The van der Waals surface area contributed by atoms with Gasteiger partial charge in [-0.25, -0.2) is 22.2 Å². The number of aromatic nitrogens is 5. The molecule has 3 heterocycles. The lowest BCUT2D eigenvalue weighted by atomic mass is 9.92. The summed E-state index contributed by atoms with van der Waals surface area (Å²) in [5.41, 5.74) is 0.601. The van der Waals surface area contributed by atoms with E-state index in [2.05, 4.69) is 35.4 Å². The van der Waals surface area contributed by atoms with Crippen LogP contribution in [-0.2, 0) is 34.7 Å². The SMILES string of the molecule is Cn1nc(OC(F)F)cc1Nc1nncn1[C@H]1CCc2sc(NC(=O)C3CC3)c(S(=O)(=O)N[C@H]3C[C@H](F)C3)c2C1. The minimum Gasteiger partial charge on any atom is -0.415 e. The van der Waals surface area contributed by atoms with Gasteiger partial charge in [0.15, 0.2) is 0 Å². The fraction of sp³-hybridized carbons (Fsp3) is 0.565. The number of carbonyl (C=O) groups excluding carboxylic acids is 1. The lowest BCUT2D eigenvalue weighted by Gasteiger charge is -2.30. The first-order valence-corrected chi connectivity index (χ1v) is 15.1. The third-order valence-corrected chi connectivity index (χ3v) is 10.3. The van der Waals surface area contributed by atoms with E-state index in [0.717, 1.165) is 17.7 Å². The van der Waals surface area contributed by atoms with E-state index in [0.29, 0.717) is 36.6 Å². The van der Waals surface area contributed by atoms with Gasteiger partial charge in [0.25, 0.3) is 0 Å².